The monoisotopic (exact) mass is 135 g/mol. The summed E-state index contributed by atoms with van der Waals surface area (Å²) in [5.74, 6) is 0. The van der Waals surface area contributed by atoms with Crippen molar-refractivity contribution in [2.75, 3.05) is 0 Å². The largest absolute Gasteiger partial charge is 0.334 e. The van der Waals surface area contributed by atoms with Crippen LogP contribution in [-0.2, 0) is 13.0 Å². The standard InChI is InChI=1S/C7H9N3/c1-2-10-6-9-5-7(10)3-4-8/h5-6H,2-3H2,1H3. The van der Waals surface area contributed by atoms with Gasteiger partial charge in [-0.15, -0.1) is 0 Å². The fourth-order valence-electron chi connectivity index (χ4n) is 0.861. The normalized spacial score (nSPS) is 9.20. The molecule has 3 nitrogen and oxygen atoms in total. The number of aromatic nitrogens is 2. The molecule has 1 aromatic heterocycles. The molecule has 0 amide bonds. The van der Waals surface area contributed by atoms with E-state index in [0.717, 1.165) is 12.2 Å². The summed E-state index contributed by atoms with van der Waals surface area (Å²) in [6.07, 6.45) is 3.92. The maximum atomic E-state index is 8.37. The van der Waals surface area contributed by atoms with E-state index in [9.17, 15) is 0 Å². The van der Waals surface area contributed by atoms with Crippen LogP contribution in [0.2, 0.25) is 0 Å². The summed E-state index contributed by atoms with van der Waals surface area (Å²) in [5.41, 5.74) is 0.991. The molecule has 1 aromatic rings. The van der Waals surface area contributed by atoms with Crippen molar-refractivity contribution in [3.8, 4) is 6.07 Å². The van der Waals surface area contributed by atoms with Crippen LogP contribution in [0.1, 0.15) is 12.6 Å². The minimum absolute atomic E-state index is 0.452. The summed E-state index contributed by atoms with van der Waals surface area (Å²) in [6, 6.07) is 2.08. The van der Waals surface area contributed by atoms with Crippen molar-refractivity contribution >= 4 is 0 Å². The molecule has 0 atom stereocenters. The van der Waals surface area contributed by atoms with E-state index in [0.29, 0.717) is 6.42 Å². The number of hydrogen-bond donors (Lipinski definition) is 0. The molecular weight excluding hydrogens is 126 g/mol. The lowest BCUT2D eigenvalue weighted by molar-refractivity contribution is 0.727. The predicted molar refractivity (Wildman–Crippen MR) is 37.2 cm³/mol. The number of hydrogen-bond acceptors (Lipinski definition) is 2. The highest BCUT2D eigenvalue weighted by Gasteiger charge is 1.96. The van der Waals surface area contributed by atoms with Crippen LogP contribution in [0.15, 0.2) is 12.5 Å². The van der Waals surface area contributed by atoms with Gasteiger partial charge in [0.05, 0.1) is 24.5 Å². The summed E-state index contributed by atoms with van der Waals surface area (Å²) in [5, 5.41) is 8.37. The zero-order valence-electron chi connectivity index (χ0n) is 5.91. The van der Waals surface area contributed by atoms with Gasteiger partial charge in [-0.25, -0.2) is 4.98 Å². The zero-order valence-corrected chi connectivity index (χ0v) is 5.91. The molecule has 0 aliphatic carbocycles. The van der Waals surface area contributed by atoms with Gasteiger partial charge in [-0.05, 0) is 6.92 Å². The first-order valence-electron chi connectivity index (χ1n) is 3.24. The van der Waals surface area contributed by atoms with E-state index in [1.54, 1.807) is 12.5 Å². The van der Waals surface area contributed by atoms with Gasteiger partial charge in [-0.3, -0.25) is 0 Å². The van der Waals surface area contributed by atoms with Gasteiger partial charge in [0.25, 0.3) is 0 Å². The topological polar surface area (TPSA) is 41.6 Å². The third kappa shape index (κ3) is 1.16. The second kappa shape index (κ2) is 3.02. The number of imidazole rings is 1. The highest BCUT2D eigenvalue weighted by molar-refractivity contribution is 5.04. The van der Waals surface area contributed by atoms with Crippen molar-refractivity contribution in [3.05, 3.63) is 18.2 Å². The Bertz CT molecular complexity index is 244. The van der Waals surface area contributed by atoms with Crippen LogP contribution in [0.3, 0.4) is 0 Å². The van der Waals surface area contributed by atoms with E-state index in [-0.39, 0.29) is 0 Å². The summed E-state index contributed by atoms with van der Waals surface area (Å²) < 4.78 is 1.96. The molecule has 52 valence electrons. The van der Waals surface area contributed by atoms with E-state index in [1.165, 1.54) is 0 Å². The fourth-order valence-corrected chi connectivity index (χ4v) is 0.861. The molecule has 10 heavy (non-hydrogen) atoms. The lowest BCUT2D eigenvalue weighted by Crippen LogP contribution is -1.97. The quantitative estimate of drug-likeness (QED) is 0.606. The lowest BCUT2D eigenvalue weighted by Gasteiger charge is -1.98. The molecule has 0 aliphatic heterocycles. The Kier molecular flexibility index (Phi) is 2.06. The number of aryl methyl sites for hydroxylation is 1. The van der Waals surface area contributed by atoms with Gasteiger partial charge in [-0.2, -0.15) is 5.26 Å². The average Bonchev–Trinajstić information content (AvgIpc) is 2.36. The van der Waals surface area contributed by atoms with Crippen LogP contribution in [0.5, 0.6) is 0 Å². The molecule has 0 saturated carbocycles. The first kappa shape index (κ1) is 6.81. The average molecular weight is 135 g/mol. The first-order valence-corrected chi connectivity index (χ1v) is 3.24. The van der Waals surface area contributed by atoms with E-state index in [1.807, 2.05) is 11.5 Å². The van der Waals surface area contributed by atoms with E-state index in [4.69, 9.17) is 5.26 Å². The Hall–Kier alpha value is -1.30. The van der Waals surface area contributed by atoms with E-state index in [2.05, 4.69) is 11.1 Å². The van der Waals surface area contributed by atoms with Crippen LogP contribution >= 0.6 is 0 Å². The van der Waals surface area contributed by atoms with Crippen LogP contribution in [0.25, 0.3) is 0 Å². The van der Waals surface area contributed by atoms with Gasteiger partial charge in [-0.1, -0.05) is 0 Å². The van der Waals surface area contributed by atoms with Gasteiger partial charge < -0.3 is 4.57 Å². The molecule has 1 rings (SSSR count). The zero-order chi connectivity index (χ0) is 7.40. The fraction of sp³-hybridized carbons (Fsp3) is 0.429. The van der Waals surface area contributed by atoms with Crippen molar-refractivity contribution in [1.82, 2.24) is 9.55 Å². The molecular formula is C7H9N3. The molecule has 0 unspecified atom stereocenters. The Balaban J connectivity index is 2.82. The Morgan fingerprint density at radius 1 is 1.80 bits per heavy atom. The summed E-state index contributed by atoms with van der Waals surface area (Å²) in [4.78, 5) is 3.92. The molecule has 3 heteroatoms. The van der Waals surface area contributed by atoms with Crippen LogP contribution in [0.4, 0.5) is 0 Å². The van der Waals surface area contributed by atoms with E-state index >= 15 is 0 Å². The highest BCUT2D eigenvalue weighted by Crippen LogP contribution is 1.98. The molecule has 0 aliphatic rings. The van der Waals surface area contributed by atoms with Crippen molar-refractivity contribution < 1.29 is 0 Å². The molecule has 0 aromatic carbocycles. The highest BCUT2D eigenvalue weighted by atomic mass is 15.0. The van der Waals surface area contributed by atoms with Crippen molar-refractivity contribution in [1.29, 1.82) is 5.26 Å². The lowest BCUT2D eigenvalue weighted by atomic mass is 10.3. The smallest absolute Gasteiger partial charge is 0.0948 e. The third-order valence-electron chi connectivity index (χ3n) is 1.40. The molecule has 0 bridgehead atoms. The molecule has 0 fully saturated rings. The first-order chi connectivity index (χ1) is 4.88. The minimum Gasteiger partial charge on any atom is -0.334 e. The Morgan fingerprint density at radius 3 is 3.20 bits per heavy atom. The van der Waals surface area contributed by atoms with Crippen LogP contribution < -0.4 is 0 Å². The minimum atomic E-state index is 0.452. The van der Waals surface area contributed by atoms with Gasteiger partial charge in [0.15, 0.2) is 0 Å². The summed E-state index contributed by atoms with van der Waals surface area (Å²) in [7, 11) is 0. The molecule has 1 heterocycles. The Labute approximate surface area is 59.9 Å². The van der Waals surface area contributed by atoms with E-state index < -0.39 is 0 Å². The molecule has 0 radical (unpaired) electrons. The van der Waals surface area contributed by atoms with Gasteiger partial charge in [0.1, 0.15) is 0 Å². The molecule has 0 N–H and O–H groups in total. The number of nitriles is 1. The second-order valence-corrected chi connectivity index (χ2v) is 2.01. The van der Waals surface area contributed by atoms with Gasteiger partial charge >= 0.3 is 0 Å². The SMILES string of the molecule is CCn1cncc1CC#N. The maximum Gasteiger partial charge on any atom is 0.0948 e. The van der Waals surface area contributed by atoms with Crippen molar-refractivity contribution in [2.24, 2.45) is 0 Å². The van der Waals surface area contributed by atoms with Gasteiger partial charge in [0.2, 0.25) is 0 Å². The van der Waals surface area contributed by atoms with Crippen molar-refractivity contribution in [3.63, 3.8) is 0 Å². The number of rotatable bonds is 2. The van der Waals surface area contributed by atoms with Gasteiger partial charge in [0, 0.05) is 12.7 Å². The Morgan fingerprint density at radius 2 is 2.60 bits per heavy atom. The summed E-state index contributed by atoms with van der Waals surface area (Å²) in [6.45, 7) is 2.92. The third-order valence-corrected chi connectivity index (χ3v) is 1.40. The number of nitrogens with zero attached hydrogens (tertiary/aromatic N) is 3. The summed E-state index contributed by atoms with van der Waals surface area (Å²) >= 11 is 0. The molecule has 0 saturated heterocycles. The van der Waals surface area contributed by atoms with Crippen LogP contribution in [0, 0.1) is 11.3 Å². The second-order valence-electron chi connectivity index (χ2n) is 2.01. The predicted octanol–water partition coefficient (Wildman–Crippen LogP) is 0.969. The van der Waals surface area contributed by atoms with Crippen molar-refractivity contribution in [2.45, 2.75) is 19.9 Å². The van der Waals surface area contributed by atoms with Crippen LogP contribution in [-0.4, -0.2) is 9.55 Å². The molecule has 0 spiro atoms. The maximum absolute atomic E-state index is 8.37.